The first-order valence-electron chi connectivity index (χ1n) is 5.62. The van der Waals surface area contributed by atoms with E-state index in [9.17, 15) is 5.11 Å². The van der Waals surface area contributed by atoms with E-state index in [4.69, 9.17) is 11.6 Å². The van der Waals surface area contributed by atoms with E-state index in [1.54, 1.807) is 0 Å². The molecule has 1 aromatic rings. The van der Waals surface area contributed by atoms with Gasteiger partial charge in [-0.05, 0) is 36.0 Å². The fourth-order valence-corrected chi connectivity index (χ4v) is 2.78. The molecule has 3 unspecified atom stereocenters. The second-order valence-electron chi connectivity index (χ2n) is 4.57. The topological polar surface area (TPSA) is 20.2 Å². The maximum atomic E-state index is 10.3. The highest BCUT2D eigenvalue weighted by atomic mass is 35.5. The lowest BCUT2D eigenvalue weighted by molar-refractivity contribution is 0.0901. The van der Waals surface area contributed by atoms with E-state index in [-0.39, 0.29) is 6.10 Å². The van der Waals surface area contributed by atoms with Crippen LogP contribution in [-0.2, 0) is 0 Å². The van der Waals surface area contributed by atoms with E-state index in [1.165, 1.54) is 12.8 Å². The highest BCUT2D eigenvalue weighted by Gasteiger charge is 2.30. The van der Waals surface area contributed by atoms with Gasteiger partial charge in [-0.3, -0.25) is 0 Å². The Kier molecular flexibility index (Phi) is 3.32. The number of halogens is 1. The largest absolute Gasteiger partial charge is 0.388 e. The summed E-state index contributed by atoms with van der Waals surface area (Å²) in [6, 6.07) is 7.58. The maximum absolute atomic E-state index is 10.3. The summed E-state index contributed by atoms with van der Waals surface area (Å²) in [7, 11) is 0. The van der Waals surface area contributed by atoms with Crippen LogP contribution in [0.4, 0.5) is 0 Å². The Morgan fingerprint density at radius 2 is 2.20 bits per heavy atom. The van der Waals surface area contributed by atoms with Crippen LogP contribution in [0.3, 0.4) is 0 Å². The minimum Gasteiger partial charge on any atom is -0.388 e. The second kappa shape index (κ2) is 4.54. The molecule has 0 aromatic heterocycles. The average molecular weight is 225 g/mol. The van der Waals surface area contributed by atoms with Gasteiger partial charge in [-0.2, -0.15) is 0 Å². The Hall–Kier alpha value is -0.530. The molecule has 0 saturated heterocycles. The summed E-state index contributed by atoms with van der Waals surface area (Å²) in [5.74, 6) is 1.03. The van der Waals surface area contributed by atoms with Crippen LogP contribution in [0, 0.1) is 11.8 Å². The predicted molar refractivity (Wildman–Crippen MR) is 62.9 cm³/mol. The van der Waals surface area contributed by atoms with Crippen molar-refractivity contribution in [1.82, 2.24) is 0 Å². The molecule has 1 saturated carbocycles. The molecule has 3 atom stereocenters. The number of hydrogen-bond acceptors (Lipinski definition) is 1. The lowest BCUT2D eigenvalue weighted by atomic mass is 9.88. The monoisotopic (exact) mass is 224 g/mol. The quantitative estimate of drug-likeness (QED) is 0.810. The maximum Gasteiger partial charge on any atom is 0.0821 e. The zero-order chi connectivity index (χ0) is 10.8. The number of aliphatic hydroxyl groups excluding tert-OH is 1. The van der Waals surface area contributed by atoms with Gasteiger partial charge in [0.15, 0.2) is 0 Å². The zero-order valence-corrected chi connectivity index (χ0v) is 9.74. The summed E-state index contributed by atoms with van der Waals surface area (Å²) in [5, 5.41) is 11.0. The van der Waals surface area contributed by atoms with Crippen LogP contribution < -0.4 is 0 Å². The summed E-state index contributed by atoms with van der Waals surface area (Å²) >= 11 is 5.92. The van der Waals surface area contributed by atoms with Gasteiger partial charge in [-0.15, -0.1) is 0 Å². The van der Waals surface area contributed by atoms with Crippen LogP contribution in [0.1, 0.15) is 37.9 Å². The molecule has 2 heteroatoms. The predicted octanol–water partition coefficient (Wildman–Crippen LogP) is 3.81. The van der Waals surface area contributed by atoms with Crippen LogP contribution in [0.25, 0.3) is 0 Å². The Morgan fingerprint density at radius 1 is 1.40 bits per heavy atom. The van der Waals surface area contributed by atoms with Crippen LogP contribution >= 0.6 is 11.6 Å². The van der Waals surface area contributed by atoms with E-state index in [0.717, 1.165) is 12.0 Å². The Bertz CT molecular complexity index is 337. The summed E-state index contributed by atoms with van der Waals surface area (Å²) in [6.07, 6.45) is 3.27. The van der Waals surface area contributed by atoms with Crippen LogP contribution in [-0.4, -0.2) is 5.11 Å². The highest BCUT2D eigenvalue weighted by molar-refractivity contribution is 6.30. The van der Waals surface area contributed by atoms with Gasteiger partial charge in [-0.25, -0.2) is 0 Å². The fourth-order valence-electron chi connectivity index (χ4n) is 2.58. The number of aliphatic hydroxyl groups is 1. The van der Waals surface area contributed by atoms with Gasteiger partial charge in [0.25, 0.3) is 0 Å². The standard InChI is InChI=1S/C13H17ClO/c1-9-4-2-7-12(9)13(15)10-5-3-6-11(14)8-10/h3,5-6,8-9,12-13,15H,2,4,7H2,1H3. The normalized spacial score (nSPS) is 27.9. The summed E-state index contributed by atoms with van der Waals surface area (Å²) in [6.45, 7) is 2.23. The third-order valence-electron chi connectivity index (χ3n) is 3.52. The van der Waals surface area contributed by atoms with Crippen molar-refractivity contribution < 1.29 is 5.11 Å². The molecule has 0 radical (unpaired) electrons. The first kappa shape index (κ1) is 11.0. The van der Waals surface area contributed by atoms with Crippen molar-refractivity contribution in [3.8, 4) is 0 Å². The molecule has 0 spiro atoms. The van der Waals surface area contributed by atoms with Crippen molar-refractivity contribution in [2.75, 3.05) is 0 Å². The molecule has 82 valence electrons. The summed E-state index contributed by atoms with van der Waals surface area (Å²) < 4.78 is 0. The summed E-state index contributed by atoms with van der Waals surface area (Å²) in [4.78, 5) is 0. The molecule has 0 bridgehead atoms. The van der Waals surface area contributed by atoms with Crippen molar-refractivity contribution in [1.29, 1.82) is 0 Å². The molecule has 0 heterocycles. The molecule has 0 amide bonds. The van der Waals surface area contributed by atoms with Crippen molar-refractivity contribution in [2.24, 2.45) is 11.8 Å². The van der Waals surface area contributed by atoms with E-state index in [2.05, 4.69) is 6.92 Å². The molecule has 1 aliphatic rings. The SMILES string of the molecule is CC1CCCC1C(O)c1cccc(Cl)c1. The molecule has 1 aliphatic carbocycles. The molecule has 1 nitrogen and oxygen atoms in total. The van der Waals surface area contributed by atoms with E-state index < -0.39 is 0 Å². The molecule has 15 heavy (non-hydrogen) atoms. The zero-order valence-electron chi connectivity index (χ0n) is 8.99. The summed E-state index contributed by atoms with van der Waals surface area (Å²) in [5.41, 5.74) is 0.959. The van der Waals surface area contributed by atoms with Crippen molar-refractivity contribution in [2.45, 2.75) is 32.3 Å². The fraction of sp³-hybridized carbons (Fsp3) is 0.538. The first-order valence-corrected chi connectivity index (χ1v) is 6.00. The Labute approximate surface area is 96.1 Å². The van der Waals surface area contributed by atoms with Crippen LogP contribution in [0.15, 0.2) is 24.3 Å². The number of benzene rings is 1. The molecule has 0 aliphatic heterocycles. The van der Waals surface area contributed by atoms with Gasteiger partial charge >= 0.3 is 0 Å². The van der Waals surface area contributed by atoms with Gasteiger partial charge in [0.05, 0.1) is 6.10 Å². The highest BCUT2D eigenvalue weighted by Crippen LogP contribution is 2.40. The van der Waals surface area contributed by atoms with Crippen molar-refractivity contribution in [3.63, 3.8) is 0 Å². The average Bonchev–Trinajstić information content (AvgIpc) is 2.63. The van der Waals surface area contributed by atoms with Gasteiger partial charge in [0.1, 0.15) is 0 Å². The van der Waals surface area contributed by atoms with Crippen LogP contribution in [0.2, 0.25) is 5.02 Å². The lowest BCUT2D eigenvalue weighted by Crippen LogP contribution is -2.14. The van der Waals surface area contributed by atoms with Gasteiger partial charge in [-0.1, -0.05) is 43.5 Å². The lowest BCUT2D eigenvalue weighted by Gasteiger charge is -2.22. The Morgan fingerprint density at radius 3 is 2.80 bits per heavy atom. The van der Waals surface area contributed by atoms with Gasteiger partial charge in [0.2, 0.25) is 0 Å². The van der Waals surface area contributed by atoms with E-state index in [0.29, 0.717) is 16.9 Å². The van der Waals surface area contributed by atoms with Crippen LogP contribution in [0.5, 0.6) is 0 Å². The molecular weight excluding hydrogens is 208 g/mol. The molecular formula is C13H17ClO. The minimum atomic E-state index is -0.346. The third kappa shape index (κ3) is 2.35. The van der Waals surface area contributed by atoms with E-state index in [1.807, 2.05) is 24.3 Å². The number of hydrogen-bond donors (Lipinski definition) is 1. The first-order chi connectivity index (χ1) is 7.18. The molecule has 1 aromatic carbocycles. The Balaban J connectivity index is 2.16. The molecule has 1 N–H and O–H groups in total. The molecule has 2 rings (SSSR count). The number of rotatable bonds is 2. The van der Waals surface area contributed by atoms with Gasteiger partial charge in [0, 0.05) is 5.02 Å². The van der Waals surface area contributed by atoms with Gasteiger partial charge < -0.3 is 5.11 Å². The smallest absolute Gasteiger partial charge is 0.0821 e. The van der Waals surface area contributed by atoms with E-state index >= 15 is 0 Å². The second-order valence-corrected chi connectivity index (χ2v) is 5.01. The molecule has 1 fully saturated rings. The minimum absolute atomic E-state index is 0.346. The third-order valence-corrected chi connectivity index (χ3v) is 3.76. The van der Waals surface area contributed by atoms with Crippen molar-refractivity contribution in [3.05, 3.63) is 34.9 Å². The van der Waals surface area contributed by atoms with Crippen molar-refractivity contribution >= 4 is 11.6 Å².